The zero-order valence-electron chi connectivity index (χ0n) is 13.8. The molecule has 0 bridgehead atoms. The lowest BCUT2D eigenvalue weighted by atomic mass is 10.3. The third-order valence-corrected chi connectivity index (χ3v) is 3.01. The Hall–Kier alpha value is -1.30. The minimum absolute atomic E-state index is 0.0360. The van der Waals surface area contributed by atoms with Crippen molar-refractivity contribution >= 4 is 29.5 Å². The van der Waals surface area contributed by atoms with Crippen LogP contribution in [0, 0.1) is 0 Å². The maximum absolute atomic E-state index is 11.3. The molecule has 0 aromatic heterocycles. The van der Waals surface area contributed by atoms with Crippen molar-refractivity contribution < 1.29 is 14.4 Å². The number of imide groups is 1. The number of carbonyl (C=O) groups excluding carboxylic acids is 3. The van der Waals surface area contributed by atoms with E-state index in [1.54, 1.807) is 11.8 Å². The highest BCUT2D eigenvalue weighted by atomic mass is 32.2. The molecule has 0 atom stereocenters. The van der Waals surface area contributed by atoms with Crippen LogP contribution in [-0.2, 0) is 14.4 Å². The number of thioether (sulfide) groups is 1. The van der Waals surface area contributed by atoms with E-state index in [0.717, 1.165) is 17.1 Å². The lowest BCUT2D eigenvalue weighted by Crippen LogP contribution is -2.38. The van der Waals surface area contributed by atoms with E-state index in [9.17, 15) is 14.4 Å². The van der Waals surface area contributed by atoms with Crippen molar-refractivity contribution in [3.8, 4) is 0 Å². The summed E-state index contributed by atoms with van der Waals surface area (Å²) in [5.74, 6) is 0.296. The highest BCUT2D eigenvalue weighted by Gasteiger charge is 2.22. The molecule has 0 saturated carbocycles. The first-order chi connectivity index (χ1) is 10.1. The smallest absolute Gasteiger partial charge is 0.253 e. The second-order valence-electron chi connectivity index (χ2n) is 3.61. The summed E-state index contributed by atoms with van der Waals surface area (Å²) in [6.45, 7) is 8.55. The first-order valence-electron chi connectivity index (χ1n) is 7.44. The summed E-state index contributed by atoms with van der Waals surface area (Å²) in [5.41, 5.74) is 0. The van der Waals surface area contributed by atoms with E-state index in [2.05, 4.69) is 5.32 Å². The van der Waals surface area contributed by atoms with Gasteiger partial charge in [0.05, 0.1) is 0 Å². The topological polar surface area (TPSA) is 66.5 Å². The van der Waals surface area contributed by atoms with Crippen molar-refractivity contribution in [2.24, 2.45) is 0 Å². The van der Waals surface area contributed by atoms with Crippen molar-refractivity contribution in [3.05, 3.63) is 12.2 Å². The molecule has 0 saturated heterocycles. The lowest BCUT2D eigenvalue weighted by molar-refractivity contribution is -0.137. The van der Waals surface area contributed by atoms with Crippen molar-refractivity contribution in [2.75, 3.05) is 25.1 Å². The predicted octanol–water partition coefficient (Wildman–Crippen LogP) is 2.22. The van der Waals surface area contributed by atoms with Gasteiger partial charge >= 0.3 is 0 Å². The quantitative estimate of drug-likeness (QED) is 0.578. The first kappa shape index (κ1) is 22.0. The fourth-order valence-corrected chi connectivity index (χ4v) is 1.86. The number of amides is 3. The van der Waals surface area contributed by atoms with Crippen molar-refractivity contribution in [3.63, 3.8) is 0 Å². The molecule has 6 heteroatoms. The molecule has 0 aliphatic carbocycles. The minimum Gasteiger partial charge on any atom is -0.354 e. The Morgan fingerprint density at radius 3 is 2.14 bits per heavy atom. The molecule has 1 aliphatic rings. The Bertz CT molecular complexity index is 326. The van der Waals surface area contributed by atoms with E-state index in [-0.39, 0.29) is 24.3 Å². The number of hydrogen-bond acceptors (Lipinski definition) is 4. The highest BCUT2D eigenvalue weighted by molar-refractivity contribution is 7.98. The van der Waals surface area contributed by atoms with Crippen molar-refractivity contribution in [1.82, 2.24) is 10.2 Å². The van der Waals surface area contributed by atoms with Gasteiger partial charge in [0.2, 0.25) is 5.91 Å². The Morgan fingerprint density at radius 1 is 1.14 bits per heavy atom. The molecule has 0 aromatic rings. The van der Waals surface area contributed by atoms with Gasteiger partial charge in [0.1, 0.15) is 0 Å². The minimum atomic E-state index is -0.313. The zero-order valence-corrected chi connectivity index (χ0v) is 14.6. The molecule has 0 unspecified atom stereocenters. The lowest BCUT2D eigenvalue weighted by Gasteiger charge is -2.13. The Morgan fingerprint density at radius 2 is 1.67 bits per heavy atom. The van der Waals surface area contributed by atoms with Gasteiger partial charge in [-0.25, -0.2) is 0 Å². The van der Waals surface area contributed by atoms with E-state index < -0.39 is 0 Å². The molecule has 0 fully saturated rings. The van der Waals surface area contributed by atoms with Crippen molar-refractivity contribution in [1.29, 1.82) is 0 Å². The SMILES string of the molecule is CC.CC.CSCCCC(=O)NCCN1C(=O)C=CC1=O. The van der Waals surface area contributed by atoms with Crippen LogP contribution in [0.15, 0.2) is 12.2 Å². The average Bonchev–Trinajstić information content (AvgIpc) is 2.83. The molecular weight excluding hydrogens is 288 g/mol. The number of rotatable bonds is 7. The summed E-state index contributed by atoms with van der Waals surface area (Å²) in [6.07, 6.45) is 5.80. The Kier molecular flexibility index (Phi) is 15.8. The van der Waals surface area contributed by atoms with Gasteiger partial charge < -0.3 is 5.32 Å². The molecular formula is C15H28N2O3S. The molecule has 0 radical (unpaired) electrons. The van der Waals surface area contributed by atoms with Gasteiger partial charge in [-0.05, 0) is 18.4 Å². The van der Waals surface area contributed by atoms with Crippen LogP contribution in [0.5, 0.6) is 0 Å². The van der Waals surface area contributed by atoms with Gasteiger partial charge in [0.15, 0.2) is 0 Å². The molecule has 3 amide bonds. The van der Waals surface area contributed by atoms with Crippen molar-refractivity contribution in [2.45, 2.75) is 40.5 Å². The second-order valence-corrected chi connectivity index (χ2v) is 4.59. The summed E-state index contributed by atoms with van der Waals surface area (Å²) in [6, 6.07) is 0. The fraction of sp³-hybridized carbons (Fsp3) is 0.667. The van der Waals surface area contributed by atoms with Crippen LogP contribution in [0.2, 0.25) is 0 Å². The normalized spacial score (nSPS) is 12.3. The maximum Gasteiger partial charge on any atom is 0.253 e. The number of nitrogens with zero attached hydrogens (tertiary/aromatic N) is 1. The molecule has 1 N–H and O–H groups in total. The maximum atomic E-state index is 11.3. The fourth-order valence-electron chi connectivity index (χ4n) is 1.42. The van der Waals surface area contributed by atoms with Crippen LogP contribution in [0.25, 0.3) is 0 Å². The second kappa shape index (κ2) is 15.1. The van der Waals surface area contributed by atoms with Gasteiger partial charge in [-0.1, -0.05) is 27.7 Å². The predicted molar refractivity (Wildman–Crippen MR) is 89.2 cm³/mol. The molecule has 1 aliphatic heterocycles. The average molecular weight is 316 g/mol. The van der Waals surface area contributed by atoms with Gasteiger partial charge in [-0.3, -0.25) is 19.3 Å². The molecule has 0 aromatic carbocycles. The largest absolute Gasteiger partial charge is 0.354 e. The van der Waals surface area contributed by atoms with E-state index in [1.165, 1.54) is 12.2 Å². The molecule has 21 heavy (non-hydrogen) atoms. The van der Waals surface area contributed by atoms with E-state index >= 15 is 0 Å². The summed E-state index contributed by atoms with van der Waals surface area (Å²) >= 11 is 1.70. The van der Waals surface area contributed by atoms with E-state index in [0.29, 0.717) is 13.0 Å². The van der Waals surface area contributed by atoms with Gasteiger partial charge in [-0.15, -0.1) is 0 Å². The summed E-state index contributed by atoms with van der Waals surface area (Å²) in [5, 5.41) is 2.69. The van der Waals surface area contributed by atoms with E-state index in [4.69, 9.17) is 0 Å². The molecule has 1 heterocycles. The van der Waals surface area contributed by atoms with Gasteiger partial charge in [0, 0.05) is 31.7 Å². The first-order valence-corrected chi connectivity index (χ1v) is 8.83. The van der Waals surface area contributed by atoms with Crippen LogP contribution >= 0.6 is 11.8 Å². The summed E-state index contributed by atoms with van der Waals surface area (Å²) in [4.78, 5) is 34.8. The highest BCUT2D eigenvalue weighted by Crippen LogP contribution is 2.02. The van der Waals surface area contributed by atoms with Crippen LogP contribution in [-0.4, -0.2) is 47.7 Å². The number of nitrogens with one attached hydrogen (secondary N) is 1. The number of carbonyl (C=O) groups is 3. The molecule has 122 valence electrons. The third kappa shape index (κ3) is 10.1. The van der Waals surface area contributed by atoms with E-state index in [1.807, 2.05) is 34.0 Å². The third-order valence-electron chi connectivity index (χ3n) is 2.31. The Labute approximate surface area is 132 Å². The Balaban J connectivity index is 0. The summed E-state index contributed by atoms with van der Waals surface area (Å²) in [7, 11) is 0. The van der Waals surface area contributed by atoms with Crippen LogP contribution < -0.4 is 5.32 Å². The monoisotopic (exact) mass is 316 g/mol. The van der Waals surface area contributed by atoms with Crippen LogP contribution in [0.1, 0.15) is 40.5 Å². The molecule has 5 nitrogen and oxygen atoms in total. The zero-order chi connectivity index (χ0) is 16.7. The number of hydrogen-bond donors (Lipinski definition) is 1. The summed E-state index contributed by atoms with van der Waals surface area (Å²) < 4.78 is 0. The molecule has 0 spiro atoms. The van der Waals surface area contributed by atoms with Crippen LogP contribution in [0.3, 0.4) is 0 Å². The standard InChI is InChI=1S/C11H16N2O3S.2C2H6/c1-17-8-2-3-9(14)12-6-7-13-10(15)4-5-11(13)16;2*1-2/h4-5H,2-3,6-8H2,1H3,(H,12,14);2*1-2H3. The molecule has 1 rings (SSSR count). The van der Waals surface area contributed by atoms with Crippen LogP contribution in [0.4, 0.5) is 0 Å². The van der Waals surface area contributed by atoms with Gasteiger partial charge in [0.25, 0.3) is 11.8 Å². The van der Waals surface area contributed by atoms with Gasteiger partial charge in [-0.2, -0.15) is 11.8 Å².